The Hall–Kier alpha value is -0.880. The van der Waals surface area contributed by atoms with E-state index in [1.807, 2.05) is 6.92 Å². The molecule has 0 aliphatic carbocycles. The van der Waals surface area contributed by atoms with Gasteiger partial charge in [-0.25, -0.2) is 0 Å². The average Bonchev–Trinajstić information content (AvgIpc) is 3.13. The van der Waals surface area contributed by atoms with E-state index in [0.29, 0.717) is 84.7 Å². The van der Waals surface area contributed by atoms with Crippen LogP contribution in [0.1, 0.15) is 141 Å². The molecule has 55 heavy (non-hydrogen) atoms. The molecule has 0 aromatic carbocycles. The molecule has 0 saturated heterocycles. The first-order valence-electron chi connectivity index (χ1n) is 21.2. The largest absolute Gasteiger partial charge is 0.396 e. The third kappa shape index (κ3) is 62.5. The predicted octanol–water partition coefficient (Wildman–Crippen LogP) is 7.32. The van der Waals surface area contributed by atoms with Crippen LogP contribution in [0.2, 0.25) is 0 Å². The summed E-state index contributed by atoms with van der Waals surface area (Å²) >= 11 is 0. The van der Waals surface area contributed by atoms with E-state index < -0.39 is 0 Å². The van der Waals surface area contributed by atoms with Gasteiger partial charge in [0.05, 0.1) is 78.3 Å². The Bertz CT molecular complexity index is 706. The van der Waals surface area contributed by atoms with Gasteiger partial charge in [-0.3, -0.25) is 0 Å². The van der Waals surface area contributed by atoms with Gasteiger partial charge in [0, 0.05) is 43.9 Å². The summed E-state index contributed by atoms with van der Waals surface area (Å²) < 4.78 is 30.7. The maximum absolute atomic E-state index is 8.48. The molecule has 5 N–H and O–H groups in total. The van der Waals surface area contributed by atoms with Gasteiger partial charge in [-0.05, 0) is 97.8 Å². The molecule has 0 fully saturated rings. The lowest BCUT2D eigenvalue weighted by Gasteiger charge is -2.23. The zero-order valence-electron chi connectivity index (χ0n) is 38.3. The summed E-state index contributed by atoms with van der Waals surface area (Å²) in [4.78, 5) is 0. The number of hydrogen-bond acceptors (Lipinski definition) is 11. The van der Waals surface area contributed by atoms with E-state index in [0.717, 1.165) is 43.9 Å². The van der Waals surface area contributed by atoms with Crippen molar-refractivity contribution in [2.24, 2.45) is 22.7 Å². The van der Waals surface area contributed by atoms with Crippen LogP contribution in [0.3, 0.4) is 0 Å². The molecular weight excluding hydrogens is 704 g/mol. The monoisotopic (exact) mass is 799 g/mol. The zero-order valence-corrected chi connectivity index (χ0v) is 38.3. The molecule has 0 aromatic rings. The molecule has 0 bridgehead atoms. The minimum Gasteiger partial charge on any atom is -0.396 e. The minimum absolute atomic E-state index is 0.0670. The molecule has 0 atom stereocenters. The fourth-order valence-electron chi connectivity index (χ4n) is 5.10. The molecule has 0 aliphatic rings. The maximum atomic E-state index is 8.48. The van der Waals surface area contributed by atoms with E-state index in [9.17, 15) is 0 Å². The smallest absolute Gasteiger partial charge is 0.0704 e. The highest BCUT2D eigenvalue weighted by molar-refractivity contribution is 5.15. The summed E-state index contributed by atoms with van der Waals surface area (Å²) in [5.74, 6) is 8.41. The topological polar surface area (TPSA) is 157 Å². The molecule has 0 amide bonds. The lowest BCUT2D eigenvalue weighted by molar-refractivity contribution is -0.000291. The van der Waals surface area contributed by atoms with Crippen LogP contribution in [-0.2, 0) is 28.4 Å². The van der Waals surface area contributed by atoms with Crippen LogP contribution >= 0.6 is 0 Å². The summed E-state index contributed by atoms with van der Waals surface area (Å²) in [6.45, 7) is 34.6. The highest BCUT2D eigenvalue weighted by Gasteiger charge is 2.20. The fourth-order valence-corrected chi connectivity index (χ4v) is 5.10. The molecule has 0 rings (SSSR count). The number of hydrogen-bond donors (Lipinski definition) is 5. The Kier molecular flexibility index (Phi) is 56.7. The van der Waals surface area contributed by atoms with Crippen molar-refractivity contribution in [1.82, 2.24) is 0 Å². The summed E-state index contributed by atoms with van der Waals surface area (Å²) in [7, 11) is 0. The fraction of sp³-hybridized carbons (Fsp3) is 0.955. The molecular formula is C44H94O11. The second kappa shape index (κ2) is 49.3. The molecule has 336 valence electrons. The van der Waals surface area contributed by atoms with E-state index in [-0.39, 0.29) is 43.9 Å². The minimum atomic E-state index is 0.0670. The van der Waals surface area contributed by atoms with E-state index >= 15 is 0 Å². The van der Waals surface area contributed by atoms with Crippen molar-refractivity contribution in [1.29, 1.82) is 0 Å². The average molecular weight is 799 g/mol. The van der Waals surface area contributed by atoms with Crippen LogP contribution in [0.15, 0.2) is 0 Å². The van der Waals surface area contributed by atoms with Crippen LogP contribution < -0.4 is 0 Å². The van der Waals surface area contributed by atoms with Crippen molar-refractivity contribution in [2.75, 3.05) is 99.1 Å². The standard InChI is InChI=1S/C16H30.C10H22O3.C7H16O4.C7H16O2.C4H10O2/c1-13(2)11-15(5,6)9-10-16(7,8)12-14(3)4;1-3-10(4-2)13-9-8-12-7-5-6-11;8-2-6-10-4-1-5-11-7-3-9;1-3-7(4-2)9-6-5-8;1-2-6-4-3-5/h13-14H,11-12H2,1-8H3;10-11H,3-9H2,1-2H3;8-9H,1-7H2;7-8H,3-6H2,1-2H3;5H,2-4H2,1H3. The van der Waals surface area contributed by atoms with E-state index in [1.54, 1.807) is 0 Å². The van der Waals surface area contributed by atoms with Gasteiger partial charge >= 0.3 is 0 Å². The van der Waals surface area contributed by atoms with Crippen LogP contribution in [-0.4, -0.2) is 137 Å². The van der Waals surface area contributed by atoms with Gasteiger partial charge in [-0.15, -0.1) is 0 Å². The van der Waals surface area contributed by atoms with Gasteiger partial charge in [0.2, 0.25) is 0 Å². The van der Waals surface area contributed by atoms with Crippen molar-refractivity contribution in [3.05, 3.63) is 0 Å². The SMILES string of the molecule is CC(C)CC(C)(C)C#CC(C)(C)CC(C)C.CCC(CC)OCCO.CCC(CC)OCCOCCCO.CCOCCO.OCCOCCCOCCO. The second-order valence-corrected chi connectivity index (χ2v) is 15.2. The molecule has 11 heteroatoms. The van der Waals surface area contributed by atoms with Crippen molar-refractivity contribution >= 4 is 0 Å². The number of aliphatic hydroxyl groups excluding tert-OH is 5. The first kappa shape index (κ1) is 63.3. The van der Waals surface area contributed by atoms with Crippen LogP contribution in [0, 0.1) is 34.5 Å². The Morgan fingerprint density at radius 3 is 1.07 bits per heavy atom. The summed E-state index contributed by atoms with van der Waals surface area (Å²) in [6.07, 6.45) is 8.80. The van der Waals surface area contributed by atoms with Gasteiger partial charge in [-0.2, -0.15) is 0 Å². The molecule has 11 nitrogen and oxygen atoms in total. The lowest BCUT2D eigenvalue weighted by Crippen LogP contribution is -2.16. The lowest BCUT2D eigenvalue weighted by atomic mass is 9.80. The van der Waals surface area contributed by atoms with Gasteiger partial charge in [0.1, 0.15) is 0 Å². The highest BCUT2D eigenvalue weighted by Crippen LogP contribution is 2.28. The number of ether oxygens (including phenoxy) is 6. The normalized spacial score (nSPS) is 11.2. The molecule has 0 aliphatic heterocycles. The molecule has 0 radical (unpaired) electrons. The molecule has 0 spiro atoms. The maximum Gasteiger partial charge on any atom is 0.0704 e. The van der Waals surface area contributed by atoms with Gasteiger partial charge in [-0.1, -0.05) is 67.2 Å². The Labute approximate surface area is 340 Å². The second-order valence-electron chi connectivity index (χ2n) is 15.2. The molecule has 0 saturated carbocycles. The van der Waals surface area contributed by atoms with Crippen molar-refractivity contribution in [3.8, 4) is 11.8 Å². The molecule has 0 unspecified atom stereocenters. The number of aliphatic hydroxyl groups is 5. The van der Waals surface area contributed by atoms with Crippen molar-refractivity contribution < 1.29 is 54.0 Å². The van der Waals surface area contributed by atoms with Crippen LogP contribution in [0.5, 0.6) is 0 Å². The predicted molar refractivity (Wildman–Crippen MR) is 229 cm³/mol. The van der Waals surface area contributed by atoms with E-state index in [1.165, 1.54) is 12.8 Å². The van der Waals surface area contributed by atoms with E-state index in [4.69, 9.17) is 54.0 Å². The van der Waals surface area contributed by atoms with Crippen LogP contribution in [0.25, 0.3) is 0 Å². The summed E-state index contributed by atoms with van der Waals surface area (Å²) in [5, 5.41) is 41.6. The zero-order chi connectivity index (χ0) is 43.2. The van der Waals surface area contributed by atoms with Crippen LogP contribution in [0.4, 0.5) is 0 Å². The summed E-state index contributed by atoms with van der Waals surface area (Å²) in [5.41, 5.74) is 0.310. The Morgan fingerprint density at radius 2 is 0.764 bits per heavy atom. The third-order valence-corrected chi connectivity index (χ3v) is 7.36. The first-order chi connectivity index (χ1) is 26.1. The van der Waals surface area contributed by atoms with Gasteiger partial charge < -0.3 is 54.0 Å². The van der Waals surface area contributed by atoms with Crippen molar-refractivity contribution in [2.45, 2.75) is 154 Å². The van der Waals surface area contributed by atoms with Crippen molar-refractivity contribution in [3.63, 3.8) is 0 Å². The Balaban J connectivity index is -0.000000196. The van der Waals surface area contributed by atoms with E-state index in [2.05, 4.69) is 94.9 Å². The number of rotatable bonds is 29. The molecule has 0 aromatic heterocycles. The third-order valence-electron chi connectivity index (χ3n) is 7.36. The molecule has 0 heterocycles. The van der Waals surface area contributed by atoms with Gasteiger partial charge in [0.15, 0.2) is 0 Å². The van der Waals surface area contributed by atoms with Gasteiger partial charge in [0.25, 0.3) is 0 Å². The Morgan fingerprint density at radius 1 is 0.418 bits per heavy atom. The highest BCUT2D eigenvalue weighted by atomic mass is 16.5. The summed E-state index contributed by atoms with van der Waals surface area (Å²) in [6, 6.07) is 0. The first-order valence-corrected chi connectivity index (χ1v) is 21.2. The quantitative estimate of drug-likeness (QED) is 0.0382.